The highest BCUT2D eigenvalue weighted by molar-refractivity contribution is 9.25. The summed E-state index contributed by atoms with van der Waals surface area (Å²) in [5.74, 6) is 0. The second kappa shape index (κ2) is 7.27. The highest BCUT2D eigenvalue weighted by Crippen LogP contribution is 2.38. The fraction of sp³-hybridized carbons (Fsp3) is 0.467. The summed E-state index contributed by atoms with van der Waals surface area (Å²) in [6.45, 7) is 7.85. The summed E-state index contributed by atoms with van der Waals surface area (Å²) in [7, 11) is 0. The van der Waals surface area contributed by atoms with Crippen molar-refractivity contribution in [1.29, 1.82) is 0 Å². The molecule has 0 N–H and O–H groups in total. The summed E-state index contributed by atoms with van der Waals surface area (Å²) >= 11 is 3.88. The first kappa shape index (κ1) is 15.7. The van der Waals surface area contributed by atoms with Crippen molar-refractivity contribution < 1.29 is 4.43 Å². The van der Waals surface area contributed by atoms with Crippen molar-refractivity contribution in [3.8, 4) is 0 Å². The molecule has 0 fully saturated rings. The summed E-state index contributed by atoms with van der Waals surface area (Å²) in [4.78, 5) is 0. The Balaban J connectivity index is 2.52. The number of hydrogen-bond donors (Lipinski definition) is 0. The van der Waals surface area contributed by atoms with Crippen molar-refractivity contribution in [2.24, 2.45) is 0 Å². The van der Waals surface area contributed by atoms with E-state index < -0.39 is 6.94 Å². The SMILES string of the molecule is CC(C)[Si](Br)(OC/C=C/c1ccccc1)C(C)C. The van der Waals surface area contributed by atoms with E-state index in [-0.39, 0.29) is 0 Å². The van der Waals surface area contributed by atoms with E-state index in [0.29, 0.717) is 17.7 Å². The van der Waals surface area contributed by atoms with Gasteiger partial charge in [-0.3, -0.25) is 0 Å². The molecule has 100 valence electrons. The maximum atomic E-state index is 6.14. The molecule has 1 aromatic carbocycles. The van der Waals surface area contributed by atoms with Gasteiger partial charge in [-0.15, -0.1) is 0 Å². The van der Waals surface area contributed by atoms with Crippen molar-refractivity contribution in [2.45, 2.75) is 38.8 Å². The van der Waals surface area contributed by atoms with Crippen LogP contribution in [0.5, 0.6) is 0 Å². The zero-order chi connectivity index (χ0) is 13.6. The topological polar surface area (TPSA) is 9.23 Å². The molecule has 0 aliphatic heterocycles. The molecule has 0 aliphatic rings. The van der Waals surface area contributed by atoms with E-state index in [2.05, 4.69) is 67.3 Å². The van der Waals surface area contributed by atoms with Crippen LogP contribution in [0.25, 0.3) is 6.08 Å². The molecule has 0 heterocycles. The number of rotatable bonds is 6. The van der Waals surface area contributed by atoms with E-state index in [9.17, 15) is 0 Å². The van der Waals surface area contributed by atoms with Gasteiger partial charge in [-0.05, 0) is 16.6 Å². The van der Waals surface area contributed by atoms with Crippen LogP contribution in [0.3, 0.4) is 0 Å². The first-order chi connectivity index (χ1) is 8.47. The lowest BCUT2D eigenvalue weighted by atomic mass is 10.2. The van der Waals surface area contributed by atoms with Gasteiger partial charge in [-0.25, -0.2) is 0 Å². The maximum Gasteiger partial charge on any atom is 0.268 e. The monoisotopic (exact) mass is 326 g/mol. The van der Waals surface area contributed by atoms with Crippen molar-refractivity contribution in [3.05, 3.63) is 42.0 Å². The van der Waals surface area contributed by atoms with Crippen molar-refractivity contribution in [2.75, 3.05) is 6.61 Å². The Morgan fingerprint density at radius 3 is 2.17 bits per heavy atom. The van der Waals surface area contributed by atoms with Crippen LogP contribution in [-0.4, -0.2) is 13.5 Å². The lowest BCUT2D eigenvalue weighted by Gasteiger charge is -2.32. The zero-order valence-corrected chi connectivity index (χ0v) is 14.3. The fourth-order valence-corrected chi connectivity index (χ4v) is 4.67. The van der Waals surface area contributed by atoms with E-state index in [0.717, 1.165) is 0 Å². The molecule has 0 atom stereocenters. The van der Waals surface area contributed by atoms with Crippen LogP contribution in [0.15, 0.2) is 36.4 Å². The van der Waals surface area contributed by atoms with Crippen molar-refractivity contribution >= 4 is 28.3 Å². The molecular formula is C15H23BrOSi. The van der Waals surface area contributed by atoms with Gasteiger partial charge in [-0.1, -0.05) is 85.5 Å². The van der Waals surface area contributed by atoms with E-state index in [4.69, 9.17) is 4.43 Å². The van der Waals surface area contributed by atoms with Crippen LogP contribution in [0.4, 0.5) is 0 Å². The fourth-order valence-electron chi connectivity index (χ4n) is 1.92. The van der Waals surface area contributed by atoms with Gasteiger partial charge >= 0.3 is 0 Å². The molecule has 1 aromatic rings. The van der Waals surface area contributed by atoms with Gasteiger partial charge in [0.15, 0.2) is 0 Å². The first-order valence-corrected chi connectivity index (χ1v) is 10.8. The quantitative estimate of drug-likeness (QED) is 0.504. The highest BCUT2D eigenvalue weighted by Gasteiger charge is 2.39. The maximum absolute atomic E-state index is 6.14. The second-order valence-corrected chi connectivity index (χ2v) is 12.8. The van der Waals surface area contributed by atoms with Gasteiger partial charge in [0.1, 0.15) is 0 Å². The molecule has 0 aliphatic carbocycles. The standard InChI is InChI=1S/C15H23BrOSi/c1-13(2)18(16,14(3)4)17-12-8-11-15-9-6-5-7-10-15/h5-11,13-14H,12H2,1-4H3/b11-8+. The molecule has 18 heavy (non-hydrogen) atoms. The third-order valence-corrected chi connectivity index (χ3v) is 13.0. The normalized spacial score (nSPS) is 12.8. The molecule has 0 saturated heterocycles. The van der Waals surface area contributed by atoms with Gasteiger partial charge in [0, 0.05) is 0 Å². The Morgan fingerprint density at radius 2 is 1.67 bits per heavy atom. The van der Waals surface area contributed by atoms with Crippen LogP contribution in [0.2, 0.25) is 11.1 Å². The van der Waals surface area contributed by atoms with Gasteiger partial charge in [0.2, 0.25) is 0 Å². The number of halogens is 1. The molecule has 0 unspecified atom stereocenters. The van der Waals surface area contributed by atoms with Crippen LogP contribution < -0.4 is 0 Å². The van der Waals surface area contributed by atoms with Crippen LogP contribution in [-0.2, 0) is 4.43 Å². The predicted octanol–water partition coefficient (Wildman–Crippen LogP) is 5.37. The van der Waals surface area contributed by atoms with Gasteiger partial charge < -0.3 is 4.43 Å². The average Bonchev–Trinajstić information content (AvgIpc) is 2.35. The Kier molecular flexibility index (Phi) is 6.33. The van der Waals surface area contributed by atoms with Gasteiger partial charge in [0.25, 0.3) is 6.94 Å². The minimum atomic E-state index is -1.78. The molecule has 0 saturated carbocycles. The van der Waals surface area contributed by atoms with Gasteiger partial charge in [-0.2, -0.15) is 0 Å². The summed E-state index contributed by atoms with van der Waals surface area (Å²) in [5, 5.41) is 0. The second-order valence-electron chi connectivity index (χ2n) is 5.13. The van der Waals surface area contributed by atoms with Gasteiger partial charge in [0.05, 0.1) is 6.61 Å². The molecule has 0 aromatic heterocycles. The summed E-state index contributed by atoms with van der Waals surface area (Å²) in [6.07, 6.45) is 4.21. The molecule has 0 bridgehead atoms. The van der Waals surface area contributed by atoms with E-state index in [1.54, 1.807) is 0 Å². The number of hydrogen-bond acceptors (Lipinski definition) is 1. The van der Waals surface area contributed by atoms with E-state index in [1.807, 2.05) is 18.2 Å². The largest absolute Gasteiger partial charge is 0.402 e. The Labute approximate surface area is 120 Å². The third kappa shape index (κ3) is 4.37. The minimum Gasteiger partial charge on any atom is -0.402 e. The predicted molar refractivity (Wildman–Crippen MR) is 86.3 cm³/mol. The van der Waals surface area contributed by atoms with Crippen LogP contribution in [0.1, 0.15) is 33.3 Å². The smallest absolute Gasteiger partial charge is 0.268 e. The van der Waals surface area contributed by atoms with Crippen LogP contribution in [0, 0.1) is 0 Å². The number of benzene rings is 1. The summed E-state index contributed by atoms with van der Waals surface area (Å²) in [6, 6.07) is 10.3. The van der Waals surface area contributed by atoms with E-state index in [1.165, 1.54) is 5.56 Å². The Bertz CT molecular complexity index is 365. The average molecular weight is 327 g/mol. The van der Waals surface area contributed by atoms with Crippen molar-refractivity contribution in [3.63, 3.8) is 0 Å². The molecule has 1 nitrogen and oxygen atoms in total. The zero-order valence-electron chi connectivity index (χ0n) is 11.7. The van der Waals surface area contributed by atoms with E-state index >= 15 is 0 Å². The molecule has 1 rings (SSSR count). The highest BCUT2D eigenvalue weighted by atomic mass is 79.9. The lowest BCUT2D eigenvalue weighted by molar-refractivity contribution is 0.346. The Morgan fingerprint density at radius 1 is 1.11 bits per heavy atom. The summed E-state index contributed by atoms with van der Waals surface area (Å²) < 4.78 is 6.14. The third-order valence-electron chi connectivity index (χ3n) is 3.09. The first-order valence-electron chi connectivity index (χ1n) is 6.51. The molecular weight excluding hydrogens is 304 g/mol. The molecule has 0 spiro atoms. The molecule has 0 amide bonds. The Hall–Kier alpha value is -0.383. The minimum absolute atomic E-state index is 0.572. The molecule has 0 radical (unpaired) electrons. The summed E-state index contributed by atoms with van der Waals surface area (Å²) in [5.41, 5.74) is 2.36. The van der Waals surface area contributed by atoms with Crippen molar-refractivity contribution in [1.82, 2.24) is 0 Å². The van der Waals surface area contributed by atoms with Crippen LogP contribution >= 0.6 is 15.3 Å². The lowest BCUT2D eigenvalue weighted by Crippen LogP contribution is -2.38. The molecule has 3 heteroatoms.